The van der Waals surface area contributed by atoms with E-state index in [1.54, 1.807) is 17.0 Å². The number of aryl methyl sites for hydroxylation is 1. The third-order valence-electron chi connectivity index (χ3n) is 7.92. The molecule has 0 bridgehead atoms. The number of thioether (sulfide) groups is 1. The first-order valence-electron chi connectivity index (χ1n) is 13.4. The number of aromatic nitrogens is 5. The van der Waals surface area contributed by atoms with Crippen molar-refractivity contribution in [2.75, 3.05) is 11.5 Å². The zero-order valence-corrected chi connectivity index (χ0v) is 22.3. The lowest BCUT2D eigenvalue weighted by molar-refractivity contribution is 0.0915. The summed E-state index contributed by atoms with van der Waals surface area (Å²) < 4.78 is 5.07. The average molecular weight is 533 g/mol. The van der Waals surface area contributed by atoms with E-state index in [0.29, 0.717) is 23.3 Å². The van der Waals surface area contributed by atoms with Gasteiger partial charge in [-0.1, -0.05) is 6.07 Å². The van der Waals surface area contributed by atoms with E-state index in [-0.39, 0.29) is 35.2 Å². The Morgan fingerprint density at radius 3 is 2.66 bits per heavy atom. The van der Waals surface area contributed by atoms with E-state index in [1.807, 2.05) is 53.5 Å². The van der Waals surface area contributed by atoms with Crippen LogP contribution in [0.3, 0.4) is 0 Å². The van der Waals surface area contributed by atoms with Gasteiger partial charge in [0, 0.05) is 37.2 Å². The topological polar surface area (TPSA) is 103 Å². The summed E-state index contributed by atoms with van der Waals surface area (Å²) >= 11 is 1.91. The summed E-state index contributed by atoms with van der Waals surface area (Å²) in [6.45, 7) is 2.32. The minimum absolute atomic E-state index is 0.0557. The number of carbonyl (C=O) groups is 1. The third kappa shape index (κ3) is 4.77. The number of pyridine rings is 2. The molecule has 1 aliphatic carbocycles. The lowest BCUT2D eigenvalue weighted by Gasteiger charge is -2.30. The van der Waals surface area contributed by atoms with E-state index in [2.05, 4.69) is 15.3 Å². The molecule has 1 saturated heterocycles. The van der Waals surface area contributed by atoms with E-state index >= 15 is 0 Å². The van der Waals surface area contributed by atoms with Gasteiger partial charge >= 0.3 is 5.69 Å². The first-order valence-corrected chi connectivity index (χ1v) is 14.6. The van der Waals surface area contributed by atoms with Gasteiger partial charge in [-0.3, -0.25) is 18.7 Å². The number of hydrogen-bond acceptors (Lipinski definition) is 6. The zero-order chi connectivity index (χ0) is 26.2. The lowest BCUT2D eigenvalue weighted by Crippen LogP contribution is -2.44. The monoisotopic (exact) mass is 532 g/mol. The van der Waals surface area contributed by atoms with Crippen molar-refractivity contribution in [2.24, 2.45) is 5.92 Å². The molecule has 10 heteroatoms. The molecule has 0 atom stereocenters. The molecule has 1 N–H and O–H groups in total. The van der Waals surface area contributed by atoms with Crippen LogP contribution in [0.1, 0.15) is 60.6 Å². The highest BCUT2D eigenvalue weighted by Crippen LogP contribution is 2.29. The second-order valence-electron chi connectivity index (χ2n) is 10.6. The van der Waals surface area contributed by atoms with Gasteiger partial charge in [0.2, 0.25) is 0 Å². The molecule has 198 valence electrons. The van der Waals surface area contributed by atoms with Crippen LogP contribution >= 0.6 is 11.8 Å². The highest BCUT2D eigenvalue weighted by Gasteiger charge is 2.27. The Hall–Kier alpha value is -3.40. The van der Waals surface area contributed by atoms with Crippen LogP contribution in [0.25, 0.3) is 16.7 Å². The van der Waals surface area contributed by atoms with Crippen molar-refractivity contribution in [1.29, 1.82) is 0 Å². The van der Waals surface area contributed by atoms with E-state index in [4.69, 9.17) is 0 Å². The van der Waals surface area contributed by atoms with Crippen LogP contribution < -0.4 is 16.6 Å². The van der Waals surface area contributed by atoms with Crippen molar-refractivity contribution in [2.45, 2.75) is 64.1 Å². The van der Waals surface area contributed by atoms with E-state index in [0.717, 1.165) is 61.2 Å². The number of carbonyl (C=O) groups excluding carboxylic acids is 1. The van der Waals surface area contributed by atoms with E-state index in [1.165, 1.54) is 4.57 Å². The maximum atomic E-state index is 13.7. The van der Waals surface area contributed by atoms with Crippen LogP contribution in [0.4, 0.5) is 0 Å². The largest absolute Gasteiger partial charge is 0.348 e. The van der Waals surface area contributed by atoms with Crippen molar-refractivity contribution >= 4 is 34.3 Å². The Balaban J connectivity index is 1.18. The summed E-state index contributed by atoms with van der Waals surface area (Å²) in [5.41, 5.74) is 2.09. The van der Waals surface area contributed by atoms with Gasteiger partial charge in [0.1, 0.15) is 17.0 Å². The van der Waals surface area contributed by atoms with Crippen molar-refractivity contribution in [3.05, 3.63) is 75.0 Å². The molecule has 1 amide bonds. The Labute approximate surface area is 224 Å². The smallest absolute Gasteiger partial charge is 0.332 e. The molecule has 2 fully saturated rings. The molecular weight excluding hydrogens is 500 g/mol. The van der Waals surface area contributed by atoms with E-state index in [9.17, 15) is 14.4 Å². The Morgan fingerprint density at radius 2 is 1.89 bits per heavy atom. The van der Waals surface area contributed by atoms with Crippen molar-refractivity contribution in [3.63, 3.8) is 0 Å². The maximum absolute atomic E-state index is 13.7. The molecule has 0 unspecified atom stereocenters. The summed E-state index contributed by atoms with van der Waals surface area (Å²) in [7, 11) is 0. The predicted octanol–water partition coefficient (Wildman–Crippen LogP) is 3.57. The molecule has 1 saturated carbocycles. The van der Waals surface area contributed by atoms with Crippen LogP contribution in [-0.4, -0.2) is 47.0 Å². The van der Waals surface area contributed by atoms with Crippen LogP contribution in [0, 0.1) is 12.8 Å². The second kappa shape index (κ2) is 10.4. The minimum atomic E-state index is -0.245. The SMILES string of the molecule is Cc1cnc2c(c1)c(=O)n(CC1CCC(NC(=O)c3cn4ccccc4n3)CC1)c(=O)n2C1CCSCC1. The fourth-order valence-corrected chi connectivity index (χ4v) is 6.93. The van der Waals surface area contributed by atoms with Gasteiger partial charge in [0.05, 0.1) is 5.39 Å². The number of hydrogen-bond donors (Lipinski definition) is 1. The molecule has 6 rings (SSSR count). The maximum Gasteiger partial charge on any atom is 0.332 e. The van der Waals surface area contributed by atoms with Gasteiger partial charge in [-0.15, -0.1) is 0 Å². The van der Waals surface area contributed by atoms with Gasteiger partial charge in [0.15, 0.2) is 0 Å². The lowest BCUT2D eigenvalue weighted by atomic mass is 9.86. The summed E-state index contributed by atoms with van der Waals surface area (Å²) in [5, 5.41) is 3.65. The second-order valence-corrected chi connectivity index (χ2v) is 11.8. The fourth-order valence-electron chi connectivity index (χ4n) is 5.85. The van der Waals surface area contributed by atoms with Gasteiger partial charge in [-0.2, -0.15) is 11.8 Å². The Bertz CT molecular complexity index is 1580. The fraction of sp³-hybridized carbons (Fsp3) is 0.464. The van der Waals surface area contributed by atoms with Crippen LogP contribution in [0.2, 0.25) is 0 Å². The van der Waals surface area contributed by atoms with Crippen molar-refractivity contribution in [1.82, 2.24) is 28.8 Å². The highest BCUT2D eigenvalue weighted by molar-refractivity contribution is 7.99. The molecule has 0 aromatic carbocycles. The number of fused-ring (bicyclic) bond motifs is 2. The van der Waals surface area contributed by atoms with Gasteiger partial charge < -0.3 is 9.72 Å². The van der Waals surface area contributed by atoms with Gasteiger partial charge in [-0.25, -0.2) is 14.8 Å². The molecule has 4 aromatic heterocycles. The molecule has 9 nitrogen and oxygen atoms in total. The number of nitrogens with zero attached hydrogens (tertiary/aromatic N) is 5. The molecule has 1 aliphatic heterocycles. The van der Waals surface area contributed by atoms with E-state index < -0.39 is 0 Å². The van der Waals surface area contributed by atoms with Crippen LogP contribution in [0.5, 0.6) is 0 Å². The zero-order valence-electron chi connectivity index (χ0n) is 21.5. The third-order valence-corrected chi connectivity index (χ3v) is 8.97. The predicted molar refractivity (Wildman–Crippen MR) is 149 cm³/mol. The van der Waals surface area contributed by atoms with Crippen LogP contribution in [-0.2, 0) is 6.54 Å². The summed E-state index contributed by atoms with van der Waals surface area (Å²) in [5.74, 6) is 2.05. The molecule has 0 spiro atoms. The van der Waals surface area contributed by atoms with Crippen LogP contribution in [0.15, 0.2) is 52.4 Å². The average Bonchev–Trinajstić information content (AvgIpc) is 3.38. The first-order chi connectivity index (χ1) is 18.5. The molecule has 4 aromatic rings. The summed E-state index contributed by atoms with van der Waals surface area (Å²) in [6, 6.07) is 7.65. The molecule has 0 radical (unpaired) electrons. The number of nitrogens with one attached hydrogen (secondary N) is 1. The summed E-state index contributed by atoms with van der Waals surface area (Å²) in [6.07, 6.45) is 10.5. The highest BCUT2D eigenvalue weighted by atomic mass is 32.2. The van der Waals surface area contributed by atoms with Crippen molar-refractivity contribution in [3.8, 4) is 0 Å². The number of rotatable bonds is 5. The van der Waals surface area contributed by atoms with Gasteiger partial charge in [0.25, 0.3) is 11.5 Å². The Morgan fingerprint density at radius 1 is 1.11 bits per heavy atom. The summed E-state index contributed by atoms with van der Waals surface area (Å²) in [4.78, 5) is 49.0. The molecule has 38 heavy (non-hydrogen) atoms. The minimum Gasteiger partial charge on any atom is -0.348 e. The molecular formula is C28H32N6O3S. The standard InChI is InChI=1S/C28H32N6O3S/c1-18-14-22-25(29-15-18)34(21-9-12-38-13-10-21)28(37)33(27(22)36)16-19-5-7-20(8-6-19)30-26(35)23-17-32-11-3-2-4-24(32)31-23/h2-4,11,14-15,17,19-21H,5-10,12-13,16H2,1H3,(H,30,35). The van der Waals surface area contributed by atoms with Crippen molar-refractivity contribution < 1.29 is 4.79 Å². The number of amides is 1. The first kappa shape index (κ1) is 24.9. The normalized spacial score (nSPS) is 20.7. The number of imidazole rings is 1. The Kier molecular flexibility index (Phi) is 6.82. The quantitative estimate of drug-likeness (QED) is 0.422. The molecule has 5 heterocycles. The van der Waals surface area contributed by atoms with Gasteiger partial charge in [-0.05, 0) is 86.6 Å². The molecule has 2 aliphatic rings.